The van der Waals surface area contributed by atoms with E-state index in [9.17, 15) is 9.18 Å². The van der Waals surface area contributed by atoms with E-state index in [0.717, 1.165) is 36.7 Å². The van der Waals surface area contributed by atoms with Crippen LogP contribution >= 0.6 is 43.2 Å². The molecule has 3 aromatic heterocycles. The summed E-state index contributed by atoms with van der Waals surface area (Å²) < 4.78 is 15.2. The van der Waals surface area contributed by atoms with E-state index in [-0.39, 0.29) is 5.91 Å². The van der Waals surface area contributed by atoms with Crippen LogP contribution in [-0.4, -0.2) is 46.7 Å². The molecule has 0 N–H and O–H groups in total. The highest BCUT2D eigenvalue weighted by molar-refractivity contribution is 9.10. The van der Waals surface area contributed by atoms with Gasteiger partial charge in [-0.15, -0.1) is 11.3 Å². The summed E-state index contributed by atoms with van der Waals surface area (Å²) in [4.78, 5) is 30.8. The lowest BCUT2D eigenvalue weighted by Crippen LogP contribution is -2.37. The van der Waals surface area contributed by atoms with E-state index in [4.69, 9.17) is 4.98 Å². The molecule has 154 valence electrons. The summed E-state index contributed by atoms with van der Waals surface area (Å²) in [6.07, 6.45) is 5.53. The van der Waals surface area contributed by atoms with Crippen LogP contribution in [0.15, 0.2) is 39.7 Å². The number of anilines is 2. The van der Waals surface area contributed by atoms with Crippen molar-refractivity contribution in [1.29, 1.82) is 0 Å². The molecule has 1 unspecified atom stereocenters. The topological polar surface area (TPSA) is 62.2 Å². The maximum atomic E-state index is 13.5. The van der Waals surface area contributed by atoms with Crippen molar-refractivity contribution in [3.63, 3.8) is 0 Å². The zero-order valence-corrected chi connectivity index (χ0v) is 19.7. The molecule has 0 bridgehead atoms. The molecule has 6 nitrogen and oxygen atoms in total. The summed E-state index contributed by atoms with van der Waals surface area (Å²) in [6.45, 7) is 1.59. The van der Waals surface area contributed by atoms with Crippen molar-refractivity contribution < 1.29 is 9.18 Å². The molecule has 0 spiro atoms. The Morgan fingerprint density at radius 3 is 2.77 bits per heavy atom. The van der Waals surface area contributed by atoms with E-state index in [1.807, 2.05) is 17.0 Å². The SMILES string of the molecule is O=C1c2sc(-c3cnc(N4CCC(F)C4)c(Br)c3)nc2CCN1c1cncc(Br)c1. The minimum atomic E-state index is -0.807. The standard InChI is InChI=1S/C20H16Br2FN5OS/c21-12-6-14(9-24-8-12)28-4-2-16-17(20(28)29)30-19(26-16)11-5-15(22)18(25-7-11)27-3-1-13(23)10-27/h5-9,13H,1-4,10H2. The van der Waals surface area contributed by atoms with Gasteiger partial charge in [0.15, 0.2) is 0 Å². The van der Waals surface area contributed by atoms with Crippen molar-refractivity contribution in [2.75, 3.05) is 29.4 Å². The van der Waals surface area contributed by atoms with Gasteiger partial charge >= 0.3 is 0 Å². The van der Waals surface area contributed by atoms with Gasteiger partial charge in [0.2, 0.25) is 0 Å². The van der Waals surface area contributed by atoms with Gasteiger partial charge in [-0.05, 0) is 50.4 Å². The predicted octanol–water partition coefficient (Wildman–Crippen LogP) is 4.88. The lowest BCUT2D eigenvalue weighted by Gasteiger charge is -2.25. The van der Waals surface area contributed by atoms with Crippen LogP contribution in [-0.2, 0) is 6.42 Å². The summed E-state index contributed by atoms with van der Waals surface area (Å²) >= 11 is 8.36. The summed E-state index contributed by atoms with van der Waals surface area (Å²) in [5.41, 5.74) is 2.42. The second-order valence-corrected chi connectivity index (χ2v) is 9.99. The molecule has 0 saturated carbocycles. The fraction of sp³-hybridized carbons (Fsp3) is 0.300. The number of thiazole rings is 1. The number of amides is 1. The number of alkyl halides is 1. The monoisotopic (exact) mass is 551 g/mol. The van der Waals surface area contributed by atoms with Crippen LogP contribution in [0.3, 0.4) is 0 Å². The lowest BCUT2D eigenvalue weighted by molar-refractivity contribution is 0.0984. The Morgan fingerprint density at radius 1 is 1.17 bits per heavy atom. The van der Waals surface area contributed by atoms with E-state index in [2.05, 4.69) is 41.8 Å². The molecule has 10 heteroatoms. The van der Waals surface area contributed by atoms with Gasteiger partial charge in [-0.2, -0.15) is 0 Å². The van der Waals surface area contributed by atoms with Crippen molar-refractivity contribution >= 4 is 60.6 Å². The first-order valence-corrected chi connectivity index (χ1v) is 11.9. The normalized spacial score (nSPS) is 18.8. The van der Waals surface area contributed by atoms with Crippen LogP contribution in [0, 0.1) is 0 Å². The van der Waals surface area contributed by atoms with Gasteiger partial charge in [0.1, 0.15) is 21.9 Å². The maximum absolute atomic E-state index is 13.5. The number of fused-ring (bicyclic) bond motifs is 1. The number of aromatic nitrogens is 3. The van der Waals surface area contributed by atoms with E-state index in [1.54, 1.807) is 23.5 Å². The van der Waals surface area contributed by atoms with Crippen LogP contribution in [0.2, 0.25) is 0 Å². The molecular formula is C20H16Br2FN5OS. The minimum absolute atomic E-state index is 0.0606. The molecular weight excluding hydrogens is 537 g/mol. The minimum Gasteiger partial charge on any atom is -0.353 e. The highest BCUT2D eigenvalue weighted by Gasteiger charge is 2.30. The highest BCUT2D eigenvalue weighted by atomic mass is 79.9. The summed E-state index contributed by atoms with van der Waals surface area (Å²) in [6, 6.07) is 3.83. The summed E-state index contributed by atoms with van der Waals surface area (Å²) in [7, 11) is 0. The van der Waals surface area contributed by atoms with Crippen molar-refractivity contribution in [1.82, 2.24) is 15.0 Å². The maximum Gasteiger partial charge on any atom is 0.270 e. The first-order chi connectivity index (χ1) is 14.5. The van der Waals surface area contributed by atoms with E-state index >= 15 is 0 Å². The van der Waals surface area contributed by atoms with Gasteiger partial charge < -0.3 is 9.80 Å². The Kier molecular flexibility index (Phi) is 5.32. The number of carbonyl (C=O) groups excluding carboxylic acids is 1. The van der Waals surface area contributed by atoms with Crippen molar-refractivity contribution in [2.24, 2.45) is 0 Å². The fourth-order valence-electron chi connectivity index (χ4n) is 3.74. The molecule has 5 heterocycles. The molecule has 0 aliphatic carbocycles. The summed E-state index contributed by atoms with van der Waals surface area (Å²) in [5.74, 6) is 0.680. The van der Waals surface area contributed by atoms with Crippen LogP contribution in [0.1, 0.15) is 21.8 Å². The fourth-order valence-corrected chi connectivity index (χ4v) is 5.73. The Balaban J connectivity index is 1.43. The summed E-state index contributed by atoms with van der Waals surface area (Å²) in [5, 5.41) is 0.757. The van der Waals surface area contributed by atoms with E-state index < -0.39 is 6.17 Å². The van der Waals surface area contributed by atoms with Gasteiger partial charge in [0.05, 0.1) is 28.6 Å². The van der Waals surface area contributed by atoms with Crippen molar-refractivity contribution in [3.05, 3.63) is 50.2 Å². The third-order valence-corrected chi connectivity index (χ3v) is 7.36. The zero-order chi connectivity index (χ0) is 20.8. The number of hydrogen-bond donors (Lipinski definition) is 0. The Bertz CT molecular complexity index is 1140. The largest absolute Gasteiger partial charge is 0.353 e. The van der Waals surface area contributed by atoms with E-state index in [1.165, 1.54) is 11.3 Å². The smallest absolute Gasteiger partial charge is 0.270 e. The Labute approximate surface area is 193 Å². The number of carbonyl (C=O) groups is 1. The molecule has 1 saturated heterocycles. The molecule has 0 radical (unpaired) electrons. The molecule has 0 aromatic carbocycles. The second kappa shape index (κ2) is 7.97. The van der Waals surface area contributed by atoms with Crippen LogP contribution < -0.4 is 9.80 Å². The highest BCUT2D eigenvalue weighted by Crippen LogP contribution is 2.36. The number of pyridine rings is 2. The average molecular weight is 553 g/mol. The van der Waals surface area contributed by atoms with Gasteiger partial charge in [-0.25, -0.2) is 14.4 Å². The van der Waals surface area contributed by atoms with Gasteiger partial charge in [0, 0.05) is 41.9 Å². The quantitative estimate of drug-likeness (QED) is 0.463. The lowest BCUT2D eigenvalue weighted by atomic mass is 10.1. The molecule has 30 heavy (non-hydrogen) atoms. The van der Waals surface area contributed by atoms with Gasteiger partial charge in [0.25, 0.3) is 5.91 Å². The second-order valence-electron chi connectivity index (χ2n) is 7.22. The number of nitrogens with zero attached hydrogens (tertiary/aromatic N) is 5. The van der Waals surface area contributed by atoms with Crippen LogP contribution in [0.25, 0.3) is 10.6 Å². The third kappa shape index (κ3) is 3.65. The molecule has 2 aliphatic rings. The molecule has 1 atom stereocenters. The first kappa shape index (κ1) is 20.0. The number of hydrogen-bond acceptors (Lipinski definition) is 6. The Morgan fingerprint density at radius 2 is 2.03 bits per heavy atom. The molecule has 3 aromatic rings. The van der Waals surface area contributed by atoms with Crippen molar-refractivity contribution in [3.8, 4) is 10.6 Å². The Hall–Kier alpha value is -1.91. The molecule has 1 fully saturated rings. The molecule has 5 rings (SSSR count). The predicted molar refractivity (Wildman–Crippen MR) is 122 cm³/mol. The number of halogens is 3. The van der Waals surface area contributed by atoms with Gasteiger partial charge in [-0.1, -0.05) is 0 Å². The van der Waals surface area contributed by atoms with Gasteiger partial charge in [-0.3, -0.25) is 9.78 Å². The third-order valence-electron chi connectivity index (χ3n) is 5.21. The van der Waals surface area contributed by atoms with Crippen LogP contribution in [0.5, 0.6) is 0 Å². The average Bonchev–Trinajstić information content (AvgIpc) is 3.35. The molecule has 1 amide bonds. The first-order valence-electron chi connectivity index (χ1n) is 9.46. The number of rotatable bonds is 3. The zero-order valence-electron chi connectivity index (χ0n) is 15.7. The molecule has 2 aliphatic heterocycles. The van der Waals surface area contributed by atoms with Crippen molar-refractivity contribution in [2.45, 2.75) is 19.0 Å². The van der Waals surface area contributed by atoms with E-state index in [0.29, 0.717) is 37.4 Å². The van der Waals surface area contributed by atoms with Crippen LogP contribution in [0.4, 0.5) is 15.9 Å².